The first-order valence-corrected chi connectivity index (χ1v) is 9.46. The maximum Gasteiger partial charge on any atom is 0.240 e. The van der Waals surface area contributed by atoms with Gasteiger partial charge in [-0.15, -0.1) is 0 Å². The predicted octanol–water partition coefficient (Wildman–Crippen LogP) is 2.54. The van der Waals surface area contributed by atoms with Crippen LogP contribution in [-0.4, -0.2) is 28.7 Å². The van der Waals surface area contributed by atoms with Gasteiger partial charge >= 0.3 is 0 Å². The molecule has 1 N–H and O–H groups in total. The van der Waals surface area contributed by atoms with E-state index in [-0.39, 0.29) is 4.90 Å². The molecule has 1 aliphatic heterocycles. The lowest BCUT2D eigenvalue weighted by molar-refractivity contribution is 0.288. The summed E-state index contributed by atoms with van der Waals surface area (Å²) in [5.41, 5.74) is 1.93. The van der Waals surface area contributed by atoms with Crippen molar-refractivity contribution in [1.29, 1.82) is 0 Å². The fraction of sp³-hybridized carbons (Fsp3) is 0.333. The lowest BCUT2D eigenvalue weighted by atomic mass is 10.1. The number of hydrogen-bond donors (Lipinski definition) is 1. The summed E-state index contributed by atoms with van der Waals surface area (Å²) in [4.78, 5) is 0.284. The molecule has 0 fully saturated rings. The molecule has 3 rings (SSSR count). The first kappa shape index (κ1) is 16.8. The summed E-state index contributed by atoms with van der Waals surface area (Å²) < 4.78 is 38.4. The molecule has 0 radical (unpaired) electrons. The number of hydrogen-bond acceptors (Lipinski definition) is 4. The highest BCUT2D eigenvalue weighted by atomic mass is 32.2. The van der Waals surface area contributed by atoms with Crippen LogP contribution >= 0.6 is 0 Å². The molecule has 0 bridgehead atoms. The van der Waals surface area contributed by atoms with Gasteiger partial charge < -0.3 is 9.47 Å². The third-order valence-electron chi connectivity index (χ3n) is 4.07. The quantitative estimate of drug-likeness (QED) is 0.872. The number of para-hydroxylation sites is 1. The molecule has 0 spiro atoms. The van der Waals surface area contributed by atoms with Crippen LogP contribution in [0.2, 0.25) is 0 Å². The highest BCUT2D eigenvalue weighted by Gasteiger charge is 2.18. The Balaban J connectivity index is 1.68. The third kappa shape index (κ3) is 3.71. The van der Waals surface area contributed by atoms with E-state index in [1.807, 2.05) is 24.3 Å². The van der Waals surface area contributed by atoms with E-state index in [0.717, 1.165) is 35.5 Å². The van der Waals surface area contributed by atoms with Crippen LogP contribution in [0.1, 0.15) is 17.5 Å². The van der Waals surface area contributed by atoms with Crippen LogP contribution in [0, 0.1) is 0 Å². The predicted molar refractivity (Wildman–Crippen MR) is 92.1 cm³/mol. The standard InChI is InChI=1S/C18H21NO4S/c1-22-17-7-3-2-5-14(17)10-11-19-24(20,21)16-8-9-18-15(13-16)6-4-12-23-18/h2-3,5,7-9,13,19H,4,6,10-12H2,1H3. The molecule has 0 saturated carbocycles. The van der Waals surface area contributed by atoms with Crippen LogP contribution in [0.5, 0.6) is 11.5 Å². The lowest BCUT2D eigenvalue weighted by Crippen LogP contribution is -2.26. The molecule has 2 aromatic rings. The van der Waals surface area contributed by atoms with E-state index in [1.54, 1.807) is 25.3 Å². The van der Waals surface area contributed by atoms with Gasteiger partial charge in [0.25, 0.3) is 0 Å². The summed E-state index contributed by atoms with van der Waals surface area (Å²) in [6.07, 6.45) is 2.33. The van der Waals surface area contributed by atoms with E-state index in [2.05, 4.69) is 4.72 Å². The molecule has 0 atom stereocenters. The molecule has 0 aromatic heterocycles. The summed E-state index contributed by atoms with van der Waals surface area (Å²) >= 11 is 0. The van der Waals surface area contributed by atoms with Crippen LogP contribution in [0.3, 0.4) is 0 Å². The Morgan fingerprint density at radius 1 is 1.21 bits per heavy atom. The third-order valence-corrected chi connectivity index (χ3v) is 5.53. The van der Waals surface area contributed by atoms with Crippen molar-refractivity contribution in [2.45, 2.75) is 24.2 Å². The second kappa shape index (κ2) is 7.23. The van der Waals surface area contributed by atoms with Gasteiger partial charge in [-0.25, -0.2) is 13.1 Å². The van der Waals surface area contributed by atoms with Crippen molar-refractivity contribution in [3.8, 4) is 11.5 Å². The number of methoxy groups -OCH3 is 1. The molecular weight excluding hydrogens is 326 g/mol. The van der Waals surface area contributed by atoms with Crippen LogP contribution in [0.15, 0.2) is 47.4 Å². The van der Waals surface area contributed by atoms with Crippen LogP contribution in [0.4, 0.5) is 0 Å². The Hall–Kier alpha value is -2.05. The van der Waals surface area contributed by atoms with Crippen LogP contribution < -0.4 is 14.2 Å². The first-order chi connectivity index (χ1) is 11.6. The minimum atomic E-state index is -3.53. The molecule has 1 heterocycles. The second-order valence-electron chi connectivity index (χ2n) is 5.68. The van der Waals surface area contributed by atoms with Gasteiger partial charge in [0.1, 0.15) is 11.5 Å². The molecule has 0 saturated heterocycles. The fourth-order valence-corrected chi connectivity index (χ4v) is 3.90. The van der Waals surface area contributed by atoms with E-state index in [1.165, 1.54) is 0 Å². The van der Waals surface area contributed by atoms with Gasteiger partial charge in [-0.3, -0.25) is 0 Å². The van der Waals surface area contributed by atoms with E-state index >= 15 is 0 Å². The van der Waals surface area contributed by atoms with E-state index in [4.69, 9.17) is 9.47 Å². The highest BCUT2D eigenvalue weighted by Crippen LogP contribution is 2.27. The van der Waals surface area contributed by atoms with Gasteiger partial charge in [-0.2, -0.15) is 0 Å². The number of benzene rings is 2. The zero-order valence-electron chi connectivity index (χ0n) is 13.6. The molecular formula is C18H21NO4S. The van der Waals surface area contributed by atoms with Gasteiger partial charge in [0.15, 0.2) is 0 Å². The first-order valence-electron chi connectivity index (χ1n) is 7.97. The Kier molecular flexibility index (Phi) is 5.06. The summed E-state index contributed by atoms with van der Waals surface area (Å²) in [7, 11) is -1.92. The van der Waals surface area contributed by atoms with Gasteiger partial charge in [0.2, 0.25) is 10.0 Å². The topological polar surface area (TPSA) is 64.6 Å². The van der Waals surface area contributed by atoms with Crippen molar-refractivity contribution in [2.75, 3.05) is 20.3 Å². The maximum absolute atomic E-state index is 12.5. The summed E-state index contributed by atoms with van der Waals surface area (Å²) in [5, 5.41) is 0. The molecule has 1 aliphatic rings. The summed E-state index contributed by atoms with van der Waals surface area (Å²) in [6.45, 7) is 1.01. The molecule has 0 aliphatic carbocycles. The largest absolute Gasteiger partial charge is 0.496 e. The molecule has 0 unspecified atom stereocenters. The Morgan fingerprint density at radius 2 is 2.04 bits per heavy atom. The van der Waals surface area contributed by atoms with Gasteiger partial charge in [0, 0.05) is 6.54 Å². The smallest absolute Gasteiger partial charge is 0.240 e. The van der Waals surface area contributed by atoms with Crippen molar-refractivity contribution in [3.63, 3.8) is 0 Å². The Labute approximate surface area is 142 Å². The zero-order chi connectivity index (χ0) is 17.0. The lowest BCUT2D eigenvalue weighted by Gasteiger charge is -2.18. The van der Waals surface area contributed by atoms with Crippen molar-refractivity contribution in [3.05, 3.63) is 53.6 Å². The van der Waals surface area contributed by atoms with Gasteiger partial charge in [-0.05, 0) is 54.7 Å². The minimum absolute atomic E-state index is 0.284. The number of rotatable bonds is 6. The van der Waals surface area contributed by atoms with E-state index in [0.29, 0.717) is 19.6 Å². The molecule has 2 aromatic carbocycles. The minimum Gasteiger partial charge on any atom is -0.496 e. The average molecular weight is 347 g/mol. The summed E-state index contributed by atoms with van der Waals surface area (Å²) in [6, 6.07) is 12.6. The molecule has 6 heteroatoms. The van der Waals surface area contributed by atoms with Crippen molar-refractivity contribution < 1.29 is 17.9 Å². The monoisotopic (exact) mass is 347 g/mol. The molecule has 128 valence electrons. The average Bonchev–Trinajstić information content (AvgIpc) is 2.61. The van der Waals surface area contributed by atoms with Gasteiger partial charge in [0.05, 0.1) is 18.6 Å². The number of nitrogens with one attached hydrogen (secondary N) is 1. The van der Waals surface area contributed by atoms with Crippen molar-refractivity contribution in [1.82, 2.24) is 4.72 Å². The molecule has 5 nitrogen and oxygen atoms in total. The van der Waals surface area contributed by atoms with E-state index < -0.39 is 10.0 Å². The fourth-order valence-electron chi connectivity index (χ4n) is 2.82. The zero-order valence-corrected chi connectivity index (χ0v) is 14.4. The number of ether oxygens (including phenoxy) is 2. The van der Waals surface area contributed by atoms with Crippen LogP contribution in [-0.2, 0) is 22.9 Å². The SMILES string of the molecule is COc1ccccc1CCNS(=O)(=O)c1ccc2c(c1)CCCO2. The Bertz CT molecular complexity index is 818. The normalized spacial score (nSPS) is 13.9. The number of sulfonamides is 1. The van der Waals surface area contributed by atoms with E-state index in [9.17, 15) is 8.42 Å². The van der Waals surface area contributed by atoms with Crippen molar-refractivity contribution in [2.24, 2.45) is 0 Å². The van der Waals surface area contributed by atoms with Crippen LogP contribution in [0.25, 0.3) is 0 Å². The number of aryl methyl sites for hydroxylation is 1. The molecule has 24 heavy (non-hydrogen) atoms. The highest BCUT2D eigenvalue weighted by molar-refractivity contribution is 7.89. The summed E-state index contributed by atoms with van der Waals surface area (Å²) in [5.74, 6) is 1.55. The molecule has 0 amide bonds. The Morgan fingerprint density at radius 3 is 2.88 bits per heavy atom. The maximum atomic E-state index is 12.5. The second-order valence-corrected chi connectivity index (χ2v) is 7.45. The van der Waals surface area contributed by atoms with Crippen molar-refractivity contribution >= 4 is 10.0 Å². The van der Waals surface area contributed by atoms with Gasteiger partial charge in [-0.1, -0.05) is 18.2 Å². The number of fused-ring (bicyclic) bond motifs is 1.